The molecular formula is C15H14N4OS. The Morgan fingerprint density at radius 2 is 2.05 bits per heavy atom. The van der Waals surface area contributed by atoms with E-state index in [1.54, 1.807) is 17.8 Å². The van der Waals surface area contributed by atoms with E-state index in [2.05, 4.69) is 15.3 Å². The van der Waals surface area contributed by atoms with Crippen molar-refractivity contribution < 1.29 is 4.79 Å². The summed E-state index contributed by atoms with van der Waals surface area (Å²) in [5.41, 5.74) is 2.57. The van der Waals surface area contributed by atoms with Crippen LogP contribution in [-0.4, -0.2) is 27.6 Å². The molecule has 0 saturated carbocycles. The Morgan fingerprint density at radius 3 is 2.81 bits per heavy atom. The normalized spacial score (nSPS) is 10.7. The van der Waals surface area contributed by atoms with E-state index in [4.69, 9.17) is 0 Å². The Hall–Kier alpha value is -2.34. The number of thioether (sulfide) groups is 1. The number of rotatable bonds is 3. The van der Waals surface area contributed by atoms with Crippen LogP contribution < -0.4 is 5.32 Å². The summed E-state index contributed by atoms with van der Waals surface area (Å²) in [6.45, 7) is 0. The molecule has 1 amide bonds. The van der Waals surface area contributed by atoms with Gasteiger partial charge >= 0.3 is 6.03 Å². The zero-order chi connectivity index (χ0) is 14.7. The van der Waals surface area contributed by atoms with Crippen molar-refractivity contribution in [3.63, 3.8) is 0 Å². The van der Waals surface area contributed by atoms with Crippen molar-refractivity contribution in [2.75, 3.05) is 7.05 Å². The summed E-state index contributed by atoms with van der Waals surface area (Å²) in [6, 6.07) is 13.2. The molecule has 2 aromatic heterocycles. The number of nitrogens with zero attached hydrogens (tertiary/aromatic N) is 3. The number of amides is 1. The quantitative estimate of drug-likeness (QED) is 0.755. The van der Waals surface area contributed by atoms with Crippen LogP contribution in [-0.2, 0) is 5.75 Å². The SMILES string of the molecule is CNC(=O)n1c(SCc2ccccn2)nc2ccccc21. The van der Waals surface area contributed by atoms with Crippen LogP contribution in [0.2, 0.25) is 0 Å². The molecular weight excluding hydrogens is 284 g/mol. The second-order valence-electron chi connectivity index (χ2n) is 4.38. The number of carbonyl (C=O) groups is 1. The largest absolute Gasteiger partial charge is 0.340 e. The lowest BCUT2D eigenvalue weighted by atomic mass is 10.3. The van der Waals surface area contributed by atoms with Gasteiger partial charge in [-0.05, 0) is 24.3 Å². The Morgan fingerprint density at radius 1 is 1.24 bits per heavy atom. The summed E-state index contributed by atoms with van der Waals surface area (Å²) in [5.74, 6) is 0.668. The van der Waals surface area contributed by atoms with Crippen molar-refractivity contribution in [2.24, 2.45) is 0 Å². The van der Waals surface area contributed by atoms with Crippen LogP contribution in [0.3, 0.4) is 0 Å². The summed E-state index contributed by atoms with van der Waals surface area (Å²) in [7, 11) is 1.62. The fraction of sp³-hybridized carbons (Fsp3) is 0.133. The van der Waals surface area contributed by atoms with Gasteiger partial charge in [0.15, 0.2) is 5.16 Å². The van der Waals surface area contributed by atoms with E-state index in [-0.39, 0.29) is 6.03 Å². The molecule has 0 aliphatic heterocycles. The third-order valence-corrected chi connectivity index (χ3v) is 3.99. The minimum atomic E-state index is -0.188. The number of nitrogens with one attached hydrogen (secondary N) is 1. The van der Waals surface area contributed by atoms with Gasteiger partial charge in [-0.1, -0.05) is 30.0 Å². The molecule has 0 saturated heterocycles. The summed E-state index contributed by atoms with van der Waals surface area (Å²) >= 11 is 1.50. The van der Waals surface area contributed by atoms with Gasteiger partial charge in [-0.15, -0.1) is 0 Å². The zero-order valence-electron chi connectivity index (χ0n) is 11.5. The lowest BCUT2D eigenvalue weighted by Crippen LogP contribution is -2.25. The number of carbonyl (C=O) groups excluding carboxylic acids is 1. The summed E-state index contributed by atoms with van der Waals surface area (Å²) < 4.78 is 1.60. The Bertz CT molecular complexity index is 770. The number of benzene rings is 1. The fourth-order valence-corrected chi connectivity index (χ4v) is 2.95. The molecule has 0 spiro atoms. The highest BCUT2D eigenvalue weighted by Crippen LogP contribution is 2.26. The molecule has 0 atom stereocenters. The zero-order valence-corrected chi connectivity index (χ0v) is 12.3. The van der Waals surface area contributed by atoms with Gasteiger partial charge in [0.1, 0.15) is 0 Å². The highest BCUT2D eigenvalue weighted by molar-refractivity contribution is 7.98. The van der Waals surface area contributed by atoms with Gasteiger partial charge in [0, 0.05) is 19.0 Å². The number of imidazole rings is 1. The molecule has 1 N–H and O–H groups in total. The van der Waals surface area contributed by atoms with Gasteiger partial charge in [-0.3, -0.25) is 4.98 Å². The van der Waals surface area contributed by atoms with Gasteiger partial charge in [-0.25, -0.2) is 14.3 Å². The first-order valence-corrected chi connectivity index (χ1v) is 7.50. The summed E-state index contributed by atoms with van der Waals surface area (Å²) in [5, 5.41) is 3.32. The molecule has 3 rings (SSSR count). The lowest BCUT2D eigenvalue weighted by molar-refractivity contribution is 0.243. The molecule has 2 heterocycles. The van der Waals surface area contributed by atoms with Crippen LogP contribution in [0.25, 0.3) is 11.0 Å². The second-order valence-corrected chi connectivity index (χ2v) is 5.33. The van der Waals surface area contributed by atoms with E-state index >= 15 is 0 Å². The third kappa shape index (κ3) is 2.75. The van der Waals surface area contributed by atoms with Gasteiger partial charge in [0.2, 0.25) is 0 Å². The van der Waals surface area contributed by atoms with Gasteiger partial charge in [0.25, 0.3) is 0 Å². The number of aromatic nitrogens is 3. The van der Waals surface area contributed by atoms with Crippen molar-refractivity contribution in [1.82, 2.24) is 19.9 Å². The van der Waals surface area contributed by atoms with E-state index in [1.165, 1.54) is 11.8 Å². The number of fused-ring (bicyclic) bond motifs is 1. The van der Waals surface area contributed by atoms with Crippen LogP contribution in [0, 0.1) is 0 Å². The van der Waals surface area contributed by atoms with Crippen LogP contribution in [0.5, 0.6) is 0 Å². The minimum Gasteiger partial charge on any atom is -0.340 e. The monoisotopic (exact) mass is 298 g/mol. The molecule has 6 heteroatoms. The van der Waals surface area contributed by atoms with Gasteiger partial charge < -0.3 is 5.32 Å². The van der Waals surface area contributed by atoms with Crippen LogP contribution in [0.15, 0.2) is 53.8 Å². The molecule has 0 bridgehead atoms. The average molecular weight is 298 g/mol. The van der Waals surface area contributed by atoms with E-state index in [9.17, 15) is 4.79 Å². The van der Waals surface area contributed by atoms with E-state index in [0.717, 1.165) is 16.7 Å². The summed E-state index contributed by atoms with van der Waals surface area (Å²) in [4.78, 5) is 20.9. The minimum absolute atomic E-state index is 0.188. The maximum atomic E-state index is 12.1. The predicted octanol–water partition coefficient (Wildman–Crippen LogP) is 2.91. The van der Waals surface area contributed by atoms with Crippen LogP contribution >= 0.6 is 11.8 Å². The molecule has 21 heavy (non-hydrogen) atoms. The molecule has 3 aromatic rings. The molecule has 0 radical (unpaired) electrons. The fourth-order valence-electron chi connectivity index (χ4n) is 2.03. The molecule has 0 fully saturated rings. The molecule has 5 nitrogen and oxygen atoms in total. The van der Waals surface area contributed by atoms with Gasteiger partial charge in [-0.2, -0.15) is 0 Å². The maximum Gasteiger partial charge on any atom is 0.327 e. The van der Waals surface area contributed by atoms with Crippen molar-refractivity contribution in [3.8, 4) is 0 Å². The topological polar surface area (TPSA) is 59.8 Å². The summed E-state index contributed by atoms with van der Waals surface area (Å²) in [6.07, 6.45) is 1.76. The lowest BCUT2D eigenvalue weighted by Gasteiger charge is -2.06. The maximum absolute atomic E-state index is 12.1. The Kier molecular flexibility index (Phi) is 3.87. The first kappa shape index (κ1) is 13.6. The molecule has 1 aromatic carbocycles. The number of hydrogen-bond acceptors (Lipinski definition) is 4. The standard InChI is InChI=1S/C15H14N4OS/c1-16-14(20)19-13-8-3-2-7-12(13)18-15(19)21-10-11-6-4-5-9-17-11/h2-9H,10H2,1H3,(H,16,20). The second kappa shape index (κ2) is 5.97. The van der Waals surface area contributed by atoms with Crippen LogP contribution in [0.1, 0.15) is 5.69 Å². The van der Waals surface area contributed by atoms with E-state index in [0.29, 0.717) is 10.9 Å². The first-order chi connectivity index (χ1) is 10.3. The van der Waals surface area contributed by atoms with Gasteiger partial charge in [0.05, 0.1) is 16.7 Å². The number of para-hydroxylation sites is 2. The van der Waals surface area contributed by atoms with E-state index < -0.39 is 0 Å². The predicted molar refractivity (Wildman–Crippen MR) is 83.4 cm³/mol. The van der Waals surface area contributed by atoms with E-state index in [1.807, 2.05) is 42.5 Å². The van der Waals surface area contributed by atoms with Crippen molar-refractivity contribution in [1.29, 1.82) is 0 Å². The average Bonchev–Trinajstić information content (AvgIpc) is 2.91. The van der Waals surface area contributed by atoms with Crippen molar-refractivity contribution >= 4 is 28.8 Å². The molecule has 0 aliphatic carbocycles. The van der Waals surface area contributed by atoms with Crippen molar-refractivity contribution in [3.05, 3.63) is 54.4 Å². The van der Waals surface area contributed by atoms with Crippen LogP contribution in [0.4, 0.5) is 4.79 Å². The molecule has 106 valence electrons. The first-order valence-electron chi connectivity index (χ1n) is 6.52. The molecule has 0 aliphatic rings. The Labute approximate surface area is 126 Å². The highest BCUT2D eigenvalue weighted by Gasteiger charge is 2.16. The number of pyridine rings is 1. The highest BCUT2D eigenvalue weighted by atomic mass is 32.2. The van der Waals surface area contributed by atoms with Crippen molar-refractivity contribution in [2.45, 2.75) is 10.9 Å². The third-order valence-electron chi connectivity index (χ3n) is 3.02. The molecule has 0 unspecified atom stereocenters. The Balaban J connectivity index is 1.95. The smallest absolute Gasteiger partial charge is 0.327 e. The number of hydrogen-bond donors (Lipinski definition) is 1.